The van der Waals surface area contributed by atoms with Crippen molar-refractivity contribution in [3.05, 3.63) is 66.0 Å². The molecule has 0 unspecified atom stereocenters. The largest absolute Gasteiger partial charge is 0.470 e. The van der Waals surface area contributed by atoms with Gasteiger partial charge in [-0.15, -0.1) is 0 Å². The average Bonchev–Trinajstić information content (AvgIpc) is 3.18. The molecule has 3 aliphatic rings. The van der Waals surface area contributed by atoms with Gasteiger partial charge in [0.25, 0.3) is 0 Å². The molecule has 1 spiro atoms. The lowest BCUT2D eigenvalue weighted by molar-refractivity contribution is -0.908. The van der Waals surface area contributed by atoms with Gasteiger partial charge in [-0.3, -0.25) is 4.98 Å². The Morgan fingerprint density at radius 1 is 1.19 bits per heavy atom. The van der Waals surface area contributed by atoms with Gasteiger partial charge in [-0.05, 0) is 30.7 Å². The molecular weight excluding hydrogens is 336 g/mol. The molecule has 5 nitrogen and oxygen atoms in total. The Morgan fingerprint density at radius 2 is 1.96 bits per heavy atom. The SMILES string of the molecule is CCC[NH+]1CCC2(CC1)Oc1ccccc1[C@@H]1C=C(c3ccncc3)NN12. The van der Waals surface area contributed by atoms with Crippen LogP contribution in [0.2, 0.25) is 0 Å². The van der Waals surface area contributed by atoms with E-state index in [1.54, 1.807) is 4.90 Å². The van der Waals surface area contributed by atoms with Crippen molar-refractivity contribution in [2.45, 2.75) is 38.0 Å². The molecule has 0 radical (unpaired) electrons. The number of hydrazine groups is 1. The second kappa shape index (κ2) is 6.66. The fourth-order valence-corrected chi connectivity index (χ4v) is 4.76. The molecule has 27 heavy (non-hydrogen) atoms. The number of quaternary nitrogens is 1. The average molecular weight is 363 g/mol. The molecule has 4 heterocycles. The molecule has 5 heteroatoms. The van der Waals surface area contributed by atoms with E-state index in [1.807, 2.05) is 12.4 Å². The maximum absolute atomic E-state index is 6.69. The first-order valence-electron chi connectivity index (χ1n) is 10.1. The minimum atomic E-state index is -0.276. The van der Waals surface area contributed by atoms with Gasteiger partial charge < -0.3 is 15.1 Å². The maximum Gasteiger partial charge on any atom is 0.191 e. The number of hydrogen-bond acceptors (Lipinski definition) is 4. The van der Waals surface area contributed by atoms with Crippen LogP contribution in [0.15, 0.2) is 54.9 Å². The first-order chi connectivity index (χ1) is 13.3. The number of rotatable bonds is 3. The van der Waals surface area contributed by atoms with E-state index in [9.17, 15) is 0 Å². The van der Waals surface area contributed by atoms with Crippen molar-refractivity contribution in [3.63, 3.8) is 0 Å². The van der Waals surface area contributed by atoms with Crippen LogP contribution in [0, 0.1) is 0 Å². The Hall–Kier alpha value is -2.37. The van der Waals surface area contributed by atoms with E-state index in [2.05, 4.69) is 64.8 Å². The summed E-state index contributed by atoms with van der Waals surface area (Å²) in [5.74, 6) is 1.03. The minimum Gasteiger partial charge on any atom is -0.470 e. The normalized spacial score (nSPS) is 29.4. The molecule has 2 N–H and O–H groups in total. The number of fused-ring (bicyclic) bond motifs is 4. The molecular formula is C22H27N4O+. The molecule has 0 amide bonds. The van der Waals surface area contributed by atoms with E-state index in [-0.39, 0.29) is 11.8 Å². The van der Waals surface area contributed by atoms with Crippen LogP contribution >= 0.6 is 0 Å². The van der Waals surface area contributed by atoms with Crippen molar-refractivity contribution >= 4 is 5.70 Å². The molecule has 0 aliphatic carbocycles. The predicted molar refractivity (Wildman–Crippen MR) is 105 cm³/mol. The van der Waals surface area contributed by atoms with Crippen LogP contribution < -0.4 is 15.1 Å². The fraction of sp³-hybridized carbons (Fsp3) is 0.409. The monoisotopic (exact) mass is 363 g/mol. The van der Waals surface area contributed by atoms with Gasteiger partial charge in [-0.2, -0.15) is 5.01 Å². The number of para-hydroxylation sites is 1. The minimum absolute atomic E-state index is 0.200. The number of nitrogens with zero attached hydrogens (tertiary/aromatic N) is 2. The molecule has 3 aliphatic heterocycles. The fourth-order valence-electron chi connectivity index (χ4n) is 4.76. The summed E-state index contributed by atoms with van der Waals surface area (Å²) < 4.78 is 6.69. The van der Waals surface area contributed by atoms with Gasteiger partial charge in [-0.1, -0.05) is 25.1 Å². The lowest BCUT2D eigenvalue weighted by Gasteiger charge is -2.50. The van der Waals surface area contributed by atoms with Crippen molar-refractivity contribution in [2.24, 2.45) is 0 Å². The van der Waals surface area contributed by atoms with Gasteiger partial charge in [-0.25, -0.2) is 0 Å². The zero-order valence-electron chi connectivity index (χ0n) is 15.8. The summed E-state index contributed by atoms with van der Waals surface area (Å²) in [7, 11) is 0. The van der Waals surface area contributed by atoms with Crippen LogP contribution in [0.3, 0.4) is 0 Å². The van der Waals surface area contributed by atoms with E-state index in [0.29, 0.717) is 0 Å². The quantitative estimate of drug-likeness (QED) is 0.877. The predicted octanol–water partition coefficient (Wildman–Crippen LogP) is 2.16. The zero-order valence-corrected chi connectivity index (χ0v) is 15.8. The summed E-state index contributed by atoms with van der Waals surface area (Å²) in [6, 6.07) is 12.8. The lowest BCUT2D eigenvalue weighted by atomic mass is 9.92. The van der Waals surface area contributed by atoms with E-state index in [0.717, 1.165) is 37.4 Å². The van der Waals surface area contributed by atoms with Crippen molar-refractivity contribution in [3.8, 4) is 5.75 Å². The molecule has 0 saturated carbocycles. The summed E-state index contributed by atoms with van der Waals surface area (Å²) in [5.41, 5.74) is 6.96. The maximum atomic E-state index is 6.69. The van der Waals surface area contributed by atoms with Gasteiger partial charge in [0.05, 0.1) is 44.2 Å². The van der Waals surface area contributed by atoms with Crippen LogP contribution in [0.25, 0.3) is 5.70 Å². The molecule has 140 valence electrons. The first-order valence-corrected chi connectivity index (χ1v) is 10.1. The van der Waals surface area contributed by atoms with E-state index < -0.39 is 0 Å². The number of ether oxygens (including phenoxy) is 1. The standard InChI is InChI=1S/C22H26N4O/c1-2-13-25-14-9-22(10-15-25)26-20(18-5-3-4-6-21(18)27-22)16-19(24-26)17-7-11-23-12-8-17/h3-8,11-12,16,20,24H,2,9-10,13-15H2,1H3/p+1/t20-/m0/s1. The molecule has 2 aromatic rings. The Balaban J connectivity index is 1.50. The Morgan fingerprint density at radius 3 is 2.74 bits per heavy atom. The molecule has 0 bridgehead atoms. The third-order valence-electron chi connectivity index (χ3n) is 6.15. The van der Waals surface area contributed by atoms with Gasteiger partial charge >= 0.3 is 0 Å². The summed E-state index contributed by atoms with van der Waals surface area (Å²) >= 11 is 0. The second-order valence-corrected chi connectivity index (χ2v) is 7.83. The highest BCUT2D eigenvalue weighted by atomic mass is 16.5. The van der Waals surface area contributed by atoms with Gasteiger partial charge in [0.15, 0.2) is 5.72 Å². The van der Waals surface area contributed by atoms with Gasteiger partial charge in [0.1, 0.15) is 5.75 Å². The van der Waals surface area contributed by atoms with Crippen molar-refractivity contribution in [1.29, 1.82) is 0 Å². The van der Waals surface area contributed by atoms with Crippen molar-refractivity contribution in [2.75, 3.05) is 19.6 Å². The molecule has 1 atom stereocenters. The third kappa shape index (κ3) is 2.82. The van der Waals surface area contributed by atoms with Crippen molar-refractivity contribution in [1.82, 2.24) is 15.4 Å². The summed E-state index contributed by atoms with van der Waals surface area (Å²) in [6.07, 6.45) is 9.35. The molecule has 1 saturated heterocycles. The van der Waals surface area contributed by atoms with Gasteiger partial charge in [0, 0.05) is 23.5 Å². The Bertz CT molecular complexity index is 842. The number of pyridine rings is 1. The van der Waals surface area contributed by atoms with Crippen LogP contribution in [-0.4, -0.2) is 35.4 Å². The second-order valence-electron chi connectivity index (χ2n) is 7.83. The number of aromatic nitrogens is 1. The number of piperidine rings is 1. The number of benzene rings is 1. The highest BCUT2D eigenvalue weighted by molar-refractivity contribution is 5.67. The van der Waals surface area contributed by atoms with Crippen LogP contribution in [-0.2, 0) is 0 Å². The van der Waals surface area contributed by atoms with Crippen LogP contribution in [0.5, 0.6) is 5.75 Å². The lowest BCUT2D eigenvalue weighted by Crippen LogP contribution is -3.14. The molecule has 1 aromatic carbocycles. The van der Waals surface area contributed by atoms with Gasteiger partial charge in [0.2, 0.25) is 0 Å². The zero-order chi connectivity index (χ0) is 18.3. The summed E-state index contributed by atoms with van der Waals surface area (Å²) in [4.78, 5) is 5.85. The third-order valence-corrected chi connectivity index (χ3v) is 6.15. The number of nitrogens with one attached hydrogen (secondary N) is 2. The number of hydrogen-bond donors (Lipinski definition) is 2. The molecule has 1 fully saturated rings. The van der Waals surface area contributed by atoms with E-state index in [1.165, 1.54) is 24.1 Å². The Labute approximate surface area is 160 Å². The Kier molecular flexibility index (Phi) is 4.14. The highest BCUT2D eigenvalue weighted by Crippen LogP contribution is 2.47. The number of likely N-dealkylation sites (tertiary alicyclic amines) is 1. The van der Waals surface area contributed by atoms with E-state index in [4.69, 9.17) is 4.74 Å². The first kappa shape index (κ1) is 16.8. The summed E-state index contributed by atoms with van der Waals surface area (Å²) in [6.45, 7) is 5.84. The van der Waals surface area contributed by atoms with Crippen LogP contribution in [0.1, 0.15) is 43.4 Å². The smallest absolute Gasteiger partial charge is 0.191 e. The van der Waals surface area contributed by atoms with Crippen LogP contribution in [0.4, 0.5) is 0 Å². The summed E-state index contributed by atoms with van der Waals surface area (Å²) in [5, 5.41) is 2.37. The van der Waals surface area contributed by atoms with E-state index >= 15 is 0 Å². The topological polar surface area (TPSA) is 41.8 Å². The van der Waals surface area contributed by atoms with Crippen molar-refractivity contribution < 1.29 is 9.64 Å². The molecule has 1 aromatic heterocycles. The molecule has 5 rings (SSSR count). The highest BCUT2D eigenvalue weighted by Gasteiger charge is 2.52.